The van der Waals surface area contributed by atoms with Gasteiger partial charge in [-0.25, -0.2) is 0 Å². The van der Waals surface area contributed by atoms with E-state index in [0.717, 1.165) is 25.6 Å². The lowest BCUT2D eigenvalue weighted by atomic mass is 9.80. The third kappa shape index (κ3) is 3.90. The second-order valence-electron chi connectivity index (χ2n) is 5.28. The summed E-state index contributed by atoms with van der Waals surface area (Å²) >= 11 is 0. The molecule has 0 aromatic rings. The van der Waals surface area contributed by atoms with Crippen LogP contribution in [0.3, 0.4) is 0 Å². The van der Waals surface area contributed by atoms with Crippen LogP contribution in [0.1, 0.15) is 59.3 Å². The molecular formula is C14H29N3. The smallest absolute Gasteiger partial charge is 0.191 e. The van der Waals surface area contributed by atoms with Gasteiger partial charge in [0.15, 0.2) is 5.96 Å². The van der Waals surface area contributed by atoms with Crippen molar-refractivity contribution >= 4 is 5.96 Å². The van der Waals surface area contributed by atoms with Crippen molar-refractivity contribution in [2.24, 2.45) is 16.1 Å². The Kier molecular flexibility index (Phi) is 5.79. The summed E-state index contributed by atoms with van der Waals surface area (Å²) in [7, 11) is 0. The number of nitrogens with zero attached hydrogens (tertiary/aromatic N) is 2. The van der Waals surface area contributed by atoms with Crippen LogP contribution in [0.2, 0.25) is 0 Å². The maximum Gasteiger partial charge on any atom is 0.191 e. The molecule has 0 radical (unpaired) electrons. The lowest BCUT2D eigenvalue weighted by Crippen LogP contribution is -2.41. The number of aliphatic imine (C=N–C) groups is 1. The van der Waals surface area contributed by atoms with Gasteiger partial charge in [0.05, 0.1) is 0 Å². The van der Waals surface area contributed by atoms with Crippen LogP contribution in [-0.2, 0) is 0 Å². The lowest BCUT2D eigenvalue weighted by Gasteiger charge is -2.31. The summed E-state index contributed by atoms with van der Waals surface area (Å²) in [5.74, 6) is 0.768. The van der Waals surface area contributed by atoms with Crippen molar-refractivity contribution < 1.29 is 0 Å². The van der Waals surface area contributed by atoms with Crippen molar-refractivity contribution in [2.75, 3.05) is 19.6 Å². The molecule has 0 bridgehead atoms. The van der Waals surface area contributed by atoms with Gasteiger partial charge >= 0.3 is 0 Å². The zero-order valence-corrected chi connectivity index (χ0v) is 11.8. The maximum atomic E-state index is 6.10. The number of nitrogens with two attached hydrogens (primary N) is 1. The average Bonchev–Trinajstić information content (AvgIpc) is 2.41. The van der Waals surface area contributed by atoms with Gasteiger partial charge in [0, 0.05) is 19.6 Å². The Balaban J connectivity index is 2.55. The van der Waals surface area contributed by atoms with Crippen LogP contribution in [0.15, 0.2) is 4.99 Å². The summed E-state index contributed by atoms with van der Waals surface area (Å²) in [5, 5.41) is 0. The zero-order chi connectivity index (χ0) is 12.7. The fraction of sp³-hybridized carbons (Fsp3) is 0.929. The number of hydrogen-bond donors (Lipinski definition) is 1. The average molecular weight is 239 g/mol. The van der Waals surface area contributed by atoms with E-state index in [9.17, 15) is 0 Å². The predicted octanol–water partition coefficient (Wildman–Crippen LogP) is 3.00. The highest BCUT2D eigenvalue weighted by atomic mass is 15.3. The lowest BCUT2D eigenvalue weighted by molar-refractivity contribution is 0.260. The van der Waals surface area contributed by atoms with Crippen molar-refractivity contribution in [1.29, 1.82) is 0 Å². The number of piperidine rings is 1. The van der Waals surface area contributed by atoms with Crippen LogP contribution in [0.5, 0.6) is 0 Å². The van der Waals surface area contributed by atoms with Crippen molar-refractivity contribution in [2.45, 2.75) is 59.3 Å². The summed E-state index contributed by atoms with van der Waals surface area (Å²) < 4.78 is 0. The van der Waals surface area contributed by atoms with Crippen LogP contribution in [-0.4, -0.2) is 30.5 Å². The van der Waals surface area contributed by atoms with E-state index in [0.29, 0.717) is 5.41 Å². The van der Waals surface area contributed by atoms with Crippen LogP contribution >= 0.6 is 0 Å². The quantitative estimate of drug-likeness (QED) is 0.592. The summed E-state index contributed by atoms with van der Waals surface area (Å²) in [6.45, 7) is 9.86. The van der Waals surface area contributed by atoms with E-state index in [1.165, 1.54) is 38.5 Å². The van der Waals surface area contributed by atoms with E-state index in [2.05, 4.69) is 30.7 Å². The molecule has 0 atom stereocenters. The van der Waals surface area contributed by atoms with Crippen LogP contribution in [0, 0.1) is 5.41 Å². The van der Waals surface area contributed by atoms with Gasteiger partial charge in [-0.05, 0) is 43.9 Å². The molecule has 0 spiro atoms. The van der Waals surface area contributed by atoms with Gasteiger partial charge in [-0.15, -0.1) is 0 Å². The summed E-state index contributed by atoms with van der Waals surface area (Å²) in [5.41, 5.74) is 6.46. The third-order valence-electron chi connectivity index (χ3n) is 4.51. The molecule has 100 valence electrons. The Morgan fingerprint density at radius 3 is 2.06 bits per heavy atom. The van der Waals surface area contributed by atoms with Gasteiger partial charge in [0.1, 0.15) is 0 Å². The molecule has 17 heavy (non-hydrogen) atoms. The zero-order valence-electron chi connectivity index (χ0n) is 11.8. The summed E-state index contributed by atoms with van der Waals surface area (Å²) in [6.07, 6.45) is 7.43. The molecule has 1 aliphatic heterocycles. The first kappa shape index (κ1) is 14.3. The Morgan fingerprint density at radius 1 is 1.06 bits per heavy atom. The standard InChI is InChI=1S/C14H29N3/c1-4-14(5-2,6-3)12-16-13(15)17-10-8-7-9-11-17/h4-12H2,1-3H3,(H2,15,16). The van der Waals surface area contributed by atoms with E-state index in [4.69, 9.17) is 5.73 Å². The highest BCUT2D eigenvalue weighted by Gasteiger charge is 2.24. The Labute approximate surface area is 106 Å². The van der Waals surface area contributed by atoms with E-state index in [-0.39, 0.29) is 0 Å². The topological polar surface area (TPSA) is 41.6 Å². The highest BCUT2D eigenvalue weighted by molar-refractivity contribution is 5.78. The summed E-state index contributed by atoms with van der Waals surface area (Å²) in [6, 6.07) is 0. The second-order valence-corrected chi connectivity index (χ2v) is 5.28. The van der Waals surface area contributed by atoms with Crippen LogP contribution in [0.25, 0.3) is 0 Å². The Hall–Kier alpha value is -0.730. The van der Waals surface area contributed by atoms with Gasteiger partial charge < -0.3 is 10.6 Å². The molecule has 1 rings (SSSR count). The van der Waals surface area contributed by atoms with Crippen molar-refractivity contribution in [3.8, 4) is 0 Å². The summed E-state index contributed by atoms with van der Waals surface area (Å²) in [4.78, 5) is 6.90. The SMILES string of the molecule is CCC(CC)(CC)CN=C(N)N1CCCCC1. The van der Waals surface area contributed by atoms with E-state index >= 15 is 0 Å². The maximum absolute atomic E-state index is 6.10. The van der Waals surface area contributed by atoms with Gasteiger partial charge in [0.2, 0.25) is 0 Å². The first-order valence-electron chi connectivity index (χ1n) is 7.22. The molecular weight excluding hydrogens is 210 g/mol. The molecule has 0 amide bonds. The first-order chi connectivity index (χ1) is 8.17. The van der Waals surface area contributed by atoms with Gasteiger partial charge in [-0.3, -0.25) is 4.99 Å². The molecule has 0 aromatic heterocycles. The van der Waals surface area contributed by atoms with E-state index in [1.807, 2.05) is 0 Å². The van der Waals surface area contributed by atoms with E-state index < -0.39 is 0 Å². The molecule has 1 aliphatic rings. The third-order valence-corrected chi connectivity index (χ3v) is 4.51. The second kappa shape index (κ2) is 6.87. The Morgan fingerprint density at radius 2 is 1.59 bits per heavy atom. The predicted molar refractivity (Wildman–Crippen MR) is 75.2 cm³/mol. The largest absolute Gasteiger partial charge is 0.370 e. The minimum absolute atomic E-state index is 0.362. The van der Waals surface area contributed by atoms with Gasteiger partial charge in [0.25, 0.3) is 0 Å². The number of hydrogen-bond acceptors (Lipinski definition) is 1. The first-order valence-corrected chi connectivity index (χ1v) is 7.22. The van der Waals surface area contributed by atoms with Gasteiger partial charge in [-0.1, -0.05) is 20.8 Å². The monoisotopic (exact) mass is 239 g/mol. The molecule has 0 aliphatic carbocycles. The molecule has 0 unspecified atom stereocenters. The molecule has 1 fully saturated rings. The molecule has 0 aromatic carbocycles. The molecule has 3 nitrogen and oxygen atoms in total. The minimum atomic E-state index is 0.362. The molecule has 1 saturated heterocycles. The molecule has 2 N–H and O–H groups in total. The molecule has 1 heterocycles. The normalized spacial score (nSPS) is 18.5. The number of guanidine groups is 1. The fourth-order valence-corrected chi connectivity index (χ4v) is 2.56. The van der Waals surface area contributed by atoms with Crippen molar-refractivity contribution in [3.63, 3.8) is 0 Å². The van der Waals surface area contributed by atoms with Crippen LogP contribution < -0.4 is 5.73 Å². The fourth-order valence-electron chi connectivity index (χ4n) is 2.56. The van der Waals surface area contributed by atoms with Crippen molar-refractivity contribution in [3.05, 3.63) is 0 Å². The Bertz CT molecular complexity index is 230. The highest BCUT2D eigenvalue weighted by Crippen LogP contribution is 2.30. The molecule has 0 saturated carbocycles. The number of likely N-dealkylation sites (tertiary alicyclic amines) is 1. The van der Waals surface area contributed by atoms with Crippen molar-refractivity contribution in [1.82, 2.24) is 4.90 Å². The molecule has 3 heteroatoms. The van der Waals surface area contributed by atoms with E-state index in [1.54, 1.807) is 0 Å². The number of rotatable bonds is 5. The van der Waals surface area contributed by atoms with Gasteiger partial charge in [-0.2, -0.15) is 0 Å². The minimum Gasteiger partial charge on any atom is -0.370 e. The van der Waals surface area contributed by atoms with Crippen LogP contribution in [0.4, 0.5) is 0 Å².